The van der Waals surface area contributed by atoms with Crippen molar-refractivity contribution in [2.24, 2.45) is 0 Å². The number of hydrogen-bond acceptors (Lipinski definition) is 3. The molecule has 0 saturated heterocycles. The third-order valence-electron chi connectivity index (χ3n) is 4.09. The minimum absolute atomic E-state index is 0.506. The van der Waals surface area contributed by atoms with Crippen LogP contribution in [0.1, 0.15) is 36.9 Å². The summed E-state index contributed by atoms with van der Waals surface area (Å²) in [5.41, 5.74) is 5.23. The Labute approximate surface area is 126 Å². The highest BCUT2D eigenvalue weighted by molar-refractivity contribution is 5.66. The monoisotopic (exact) mass is 282 g/mol. The number of fused-ring (bicyclic) bond motifs is 1. The van der Waals surface area contributed by atoms with Gasteiger partial charge in [0, 0.05) is 17.8 Å². The summed E-state index contributed by atoms with van der Waals surface area (Å²) in [5.74, 6) is 0.850. The summed E-state index contributed by atoms with van der Waals surface area (Å²) in [6, 6.07) is 9.32. The molecule has 21 heavy (non-hydrogen) atoms. The summed E-state index contributed by atoms with van der Waals surface area (Å²) in [6.45, 7) is 2.84. The third kappa shape index (κ3) is 2.93. The molecule has 0 amide bonds. The molecule has 1 aliphatic rings. The van der Waals surface area contributed by atoms with Crippen molar-refractivity contribution in [3.05, 3.63) is 47.8 Å². The minimum atomic E-state index is 0.506. The van der Waals surface area contributed by atoms with Crippen LogP contribution < -0.4 is 10.1 Å². The molecule has 3 rings (SSSR count). The second kappa shape index (κ2) is 6.27. The van der Waals surface area contributed by atoms with E-state index in [9.17, 15) is 0 Å². The number of aromatic nitrogens is 1. The lowest BCUT2D eigenvalue weighted by Gasteiger charge is -2.11. The van der Waals surface area contributed by atoms with Gasteiger partial charge in [-0.2, -0.15) is 0 Å². The van der Waals surface area contributed by atoms with Gasteiger partial charge in [-0.15, -0.1) is 0 Å². The first-order valence-electron chi connectivity index (χ1n) is 7.70. The molecule has 2 aromatic rings. The maximum absolute atomic E-state index is 5.67. The van der Waals surface area contributed by atoms with Crippen molar-refractivity contribution in [1.82, 2.24) is 10.3 Å². The maximum atomic E-state index is 5.67. The van der Waals surface area contributed by atoms with Crippen molar-refractivity contribution in [1.29, 1.82) is 0 Å². The van der Waals surface area contributed by atoms with Crippen LogP contribution in [0.25, 0.3) is 11.1 Å². The van der Waals surface area contributed by atoms with Gasteiger partial charge in [-0.1, -0.05) is 25.1 Å². The Bertz CT molecular complexity index is 624. The normalized spacial score (nSPS) is 16.8. The van der Waals surface area contributed by atoms with Gasteiger partial charge < -0.3 is 10.1 Å². The smallest absolute Gasteiger partial charge is 0.138 e. The van der Waals surface area contributed by atoms with E-state index in [2.05, 4.69) is 41.5 Å². The van der Waals surface area contributed by atoms with Gasteiger partial charge >= 0.3 is 0 Å². The molecule has 0 bridgehead atoms. The van der Waals surface area contributed by atoms with E-state index in [4.69, 9.17) is 4.74 Å². The lowest BCUT2D eigenvalue weighted by Crippen LogP contribution is -2.12. The van der Waals surface area contributed by atoms with Crippen molar-refractivity contribution >= 4 is 0 Å². The molecule has 1 heterocycles. The summed E-state index contributed by atoms with van der Waals surface area (Å²) in [7, 11) is 2.03. The van der Waals surface area contributed by atoms with Crippen LogP contribution in [0.15, 0.2) is 36.7 Å². The minimum Gasteiger partial charge on any atom is -0.492 e. The van der Waals surface area contributed by atoms with Crippen LogP contribution in [-0.2, 0) is 6.42 Å². The highest BCUT2D eigenvalue weighted by Gasteiger charge is 2.21. The molecule has 1 unspecified atom stereocenters. The molecule has 1 aliphatic carbocycles. The maximum Gasteiger partial charge on any atom is 0.138 e. The average Bonchev–Trinajstić information content (AvgIpc) is 2.95. The molecule has 1 atom stereocenters. The molecule has 0 aliphatic heterocycles. The topological polar surface area (TPSA) is 34.1 Å². The van der Waals surface area contributed by atoms with Crippen LogP contribution in [-0.4, -0.2) is 18.6 Å². The van der Waals surface area contributed by atoms with E-state index < -0.39 is 0 Å². The predicted molar refractivity (Wildman–Crippen MR) is 85.6 cm³/mol. The largest absolute Gasteiger partial charge is 0.492 e. The molecule has 0 saturated carbocycles. The number of ether oxygens (including phenoxy) is 1. The van der Waals surface area contributed by atoms with Crippen molar-refractivity contribution in [3.8, 4) is 16.9 Å². The second-order valence-corrected chi connectivity index (χ2v) is 5.55. The van der Waals surface area contributed by atoms with Crippen LogP contribution in [0.2, 0.25) is 0 Å². The van der Waals surface area contributed by atoms with Gasteiger partial charge in [0.25, 0.3) is 0 Å². The van der Waals surface area contributed by atoms with Crippen molar-refractivity contribution in [2.45, 2.75) is 32.2 Å². The zero-order valence-electron chi connectivity index (χ0n) is 12.7. The van der Waals surface area contributed by atoms with Gasteiger partial charge in [-0.3, -0.25) is 4.98 Å². The van der Waals surface area contributed by atoms with Gasteiger partial charge in [-0.05, 0) is 49.1 Å². The summed E-state index contributed by atoms with van der Waals surface area (Å²) in [5, 5.41) is 3.38. The zero-order chi connectivity index (χ0) is 14.7. The van der Waals surface area contributed by atoms with Crippen molar-refractivity contribution < 1.29 is 4.74 Å². The van der Waals surface area contributed by atoms with E-state index in [0.29, 0.717) is 6.04 Å². The highest BCUT2D eigenvalue weighted by Crippen LogP contribution is 2.34. The van der Waals surface area contributed by atoms with Gasteiger partial charge in [-0.25, -0.2) is 0 Å². The quantitative estimate of drug-likeness (QED) is 0.907. The van der Waals surface area contributed by atoms with E-state index in [1.54, 1.807) is 6.20 Å². The lowest BCUT2D eigenvalue weighted by atomic mass is 10.0. The number of nitrogens with one attached hydrogen (secondary N) is 1. The molecule has 3 heteroatoms. The number of pyridine rings is 1. The van der Waals surface area contributed by atoms with E-state index >= 15 is 0 Å². The average molecular weight is 282 g/mol. The first-order valence-corrected chi connectivity index (χ1v) is 7.70. The van der Waals surface area contributed by atoms with E-state index in [0.717, 1.165) is 30.8 Å². The fourth-order valence-electron chi connectivity index (χ4n) is 2.97. The molecule has 0 fully saturated rings. The van der Waals surface area contributed by atoms with Crippen molar-refractivity contribution in [2.75, 3.05) is 13.7 Å². The Balaban J connectivity index is 1.87. The molecular weight excluding hydrogens is 260 g/mol. The molecule has 3 nitrogen and oxygen atoms in total. The van der Waals surface area contributed by atoms with E-state index in [-0.39, 0.29) is 0 Å². The SMILES string of the molecule is CCCOc1cncc(-c2ccc3c(c2)CCC3NC)c1. The highest BCUT2D eigenvalue weighted by atomic mass is 16.5. The number of rotatable bonds is 5. The van der Waals surface area contributed by atoms with Gasteiger partial charge in [0.1, 0.15) is 5.75 Å². The van der Waals surface area contributed by atoms with Gasteiger partial charge in [0.2, 0.25) is 0 Å². The Morgan fingerprint density at radius 3 is 2.95 bits per heavy atom. The molecule has 1 aromatic carbocycles. The second-order valence-electron chi connectivity index (χ2n) is 5.55. The number of nitrogens with zero attached hydrogens (tertiary/aromatic N) is 1. The molecule has 1 N–H and O–H groups in total. The Morgan fingerprint density at radius 1 is 1.24 bits per heavy atom. The standard InChI is InChI=1S/C18H22N2O/c1-3-8-21-16-10-15(11-20-12-16)13-4-6-17-14(9-13)5-7-18(17)19-2/h4,6,9-12,18-19H,3,5,7-8H2,1-2H3. The first kappa shape index (κ1) is 14.1. The molecule has 0 radical (unpaired) electrons. The zero-order valence-corrected chi connectivity index (χ0v) is 12.7. The van der Waals surface area contributed by atoms with E-state index in [1.807, 2.05) is 13.2 Å². The summed E-state index contributed by atoms with van der Waals surface area (Å²) in [4.78, 5) is 4.30. The Kier molecular flexibility index (Phi) is 4.20. The van der Waals surface area contributed by atoms with Crippen LogP contribution in [0.4, 0.5) is 0 Å². The fraction of sp³-hybridized carbons (Fsp3) is 0.389. The van der Waals surface area contributed by atoms with Crippen LogP contribution >= 0.6 is 0 Å². The fourth-order valence-corrected chi connectivity index (χ4v) is 2.97. The number of hydrogen-bond donors (Lipinski definition) is 1. The summed E-state index contributed by atoms with van der Waals surface area (Å²) in [6.07, 6.45) is 7.03. The molecule has 110 valence electrons. The van der Waals surface area contributed by atoms with E-state index in [1.165, 1.54) is 23.1 Å². The lowest BCUT2D eigenvalue weighted by molar-refractivity contribution is 0.316. The Hall–Kier alpha value is -1.87. The van der Waals surface area contributed by atoms with Gasteiger partial charge in [0.15, 0.2) is 0 Å². The number of aryl methyl sites for hydroxylation is 1. The summed E-state index contributed by atoms with van der Waals surface area (Å²) >= 11 is 0. The third-order valence-corrected chi connectivity index (χ3v) is 4.09. The molecular formula is C18H22N2O. The molecule has 1 aromatic heterocycles. The Morgan fingerprint density at radius 2 is 2.14 bits per heavy atom. The van der Waals surface area contributed by atoms with Crippen LogP contribution in [0.5, 0.6) is 5.75 Å². The van der Waals surface area contributed by atoms with Gasteiger partial charge in [0.05, 0.1) is 12.8 Å². The summed E-state index contributed by atoms with van der Waals surface area (Å²) < 4.78 is 5.67. The first-order chi connectivity index (χ1) is 10.3. The predicted octanol–water partition coefficient (Wildman–Crippen LogP) is 3.74. The molecule has 0 spiro atoms. The van der Waals surface area contributed by atoms with Crippen LogP contribution in [0.3, 0.4) is 0 Å². The van der Waals surface area contributed by atoms with Crippen LogP contribution in [0, 0.1) is 0 Å². The van der Waals surface area contributed by atoms with Crippen molar-refractivity contribution in [3.63, 3.8) is 0 Å². The number of benzene rings is 1.